The molecule has 2 heterocycles. The molecule has 2 N–H and O–H groups in total. The lowest BCUT2D eigenvalue weighted by Gasteiger charge is -2.34. The average Bonchev–Trinajstić information content (AvgIpc) is 2.82. The van der Waals surface area contributed by atoms with Gasteiger partial charge in [-0.3, -0.25) is 0 Å². The summed E-state index contributed by atoms with van der Waals surface area (Å²) in [5.41, 5.74) is 1.54. The molecule has 1 aromatic heterocycles. The lowest BCUT2D eigenvalue weighted by Crippen LogP contribution is -2.52. The van der Waals surface area contributed by atoms with E-state index in [4.69, 9.17) is 0 Å². The van der Waals surface area contributed by atoms with E-state index in [9.17, 15) is 14.7 Å². The normalized spacial score (nSPS) is 18.3. The van der Waals surface area contributed by atoms with Crippen LogP contribution in [0.4, 0.5) is 4.79 Å². The van der Waals surface area contributed by atoms with Crippen LogP contribution < -0.4 is 0 Å². The number of rotatable bonds is 2. The van der Waals surface area contributed by atoms with E-state index in [1.54, 1.807) is 7.05 Å². The van der Waals surface area contributed by atoms with Gasteiger partial charge in [-0.25, -0.2) is 14.6 Å². The third kappa shape index (κ3) is 2.03. The SMILES string of the molecule is CCN(C)C(=O)N1Cc2[nH]cnc2CC1C(=O)O. The van der Waals surface area contributed by atoms with Crippen molar-refractivity contribution in [3.8, 4) is 0 Å². The van der Waals surface area contributed by atoms with Crippen LogP contribution in [0.5, 0.6) is 0 Å². The Morgan fingerprint density at radius 3 is 3.00 bits per heavy atom. The van der Waals surface area contributed by atoms with Crippen LogP contribution in [-0.4, -0.2) is 56.5 Å². The van der Waals surface area contributed by atoms with Gasteiger partial charge in [-0.15, -0.1) is 0 Å². The van der Waals surface area contributed by atoms with Gasteiger partial charge in [-0.05, 0) is 6.92 Å². The molecule has 2 amide bonds. The predicted octanol–water partition coefficient (Wildman–Crippen LogP) is 0.293. The first-order chi connectivity index (χ1) is 8.54. The fourth-order valence-corrected chi connectivity index (χ4v) is 2.01. The number of amides is 2. The summed E-state index contributed by atoms with van der Waals surface area (Å²) in [7, 11) is 1.66. The second kappa shape index (κ2) is 4.67. The molecule has 2 rings (SSSR count). The molecule has 0 spiro atoms. The first-order valence-electron chi connectivity index (χ1n) is 5.80. The highest BCUT2D eigenvalue weighted by Gasteiger charge is 2.36. The Kier molecular flexibility index (Phi) is 3.22. The highest BCUT2D eigenvalue weighted by atomic mass is 16.4. The fourth-order valence-electron chi connectivity index (χ4n) is 2.01. The molecule has 1 atom stereocenters. The van der Waals surface area contributed by atoms with Gasteiger partial charge in [-0.2, -0.15) is 0 Å². The van der Waals surface area contributed by atoms with Gasteiger partial charge in [-0.1, -0.05) is 0 Å². The first kappa shape index (κ1) is 12.4. The van der Waals surface area contributed by atoms with Crippen LogP contribution in [0.1, 0.15) is 18.3 Å². The molecule has 7 heteroatoms. The van der Waals surface area contributed by atoms with Crippen molar-refractivity contribution < 1.29 is 14.7 Å². The van der Waals surface area contributed by atoms with E-state index < -0.39 is 12.0 Å². The summed E-state index contributed by atoms with van der Waals surface area (Å²) >= 11 is 0. The first-order valence-corrected chi connectivity index (χ1v) is 5.80. The number of urea groups is 1. The van der Waals surface area contributed by atoms with Crippen molar-refractivity contribution in [3.05, 3.63) is 17.7 Å². The molecule has 0 saturated heterocycles. The summed E-state index contributed by atoms with van der Waals surface area (Å²) in [4.78, 5) is 33.3. The van der Waals surface area contributed by atoms with E-state index in [0.29, 0.717) is 6.54 Å². The minimum atomic E-state index is -0.999. The number of aromatic amines is 1. The summed E-state index contributed by atoms with van der Waals surface area (Å²) < 4.78 is 0. The van der Waals surface area contributed by atoms with Gasteiger partial charge in [0, 0.05) is 20.0 Å². The number of hydrogen-bond donors (Lipinski definition) is 2. The maximum Gasteiger partial charge on any atom is 0.326 e. The van der Waals surface area contributed by atoms with Crippen LogP contribution in [0.3, 0.4) is 0 Å². The van der Waals surface area contributed by atoms with Crippen LogP contribution in [0.2, 0.25) is 0 Å². The molecule has 7 nitrogen and oxygen atoms in total. The van der Waals surface area contributed by atoms with Gasteiger partial charge < -0.3 is 19.9 Å². The molecule has 1 aromatic rings. The third-order valence-corrected chi connectivity index (χ3v) is 3.23. The number of H-pyrrole nitrogens is 1. The Morgan fingerprint density at radius 2 is 2.39 bits per heavy atom. The molecule has 0 fully saturated rings. The van der Waals surface area contributed by atoms with E-state index in [1.165, 1.54) is 16.1 Å². The monoisotopic (exact) mass is 252 g/mol. The van der Waals surface area contributed by atoms with Gasteiger partial charge in [0.1, 0.15) is 6.04 Å². The molecular formula is C11H16N4O3. The lowest BCUT2D eigenvalue weighted by molar-refractivity contribution is -0.142. The average molecular weight is 252 g/mol. The van der Waals surface area contributed by atoms with Crippen molar-refractivity contribution >= 4 is 12.0 Å². The van der Waals surface area contributed by atoms with Crippen LogP contribution >= 0.6 is 0 Å². The Bertz CT molecular complexity index is 471. The van der Waals surface area contributed by atoms with Gasteiger partial charge in [0.2, 0.25) is 0 Å². The topological polar surface area (TPSA) is 89.5 Å². The number of hydrogen-bond acceptors (Lipinski definition) is 3. The van der Waals surface area contributed by atoms with Crippen LogP contribution in [-0.2, 0) is 17.8 Å². The van der Waals surface area contributed by atoms with E-state index in [2.05, 4.69) is 9.97 Å². The summed E-state index contributed by atoms with van der Waals surface area (Å²) in [6.45, 7) is 2.65. The zero-order chi connectivity index (χ0) is 13.3. The molecule has 0 aliphatic carbocycles. The number of carbonyl (C=O) groups is 2. The molecule has 0 aromatic carbocycles. The number of carboxylic acids is 1. The second-order valence-electron chi connectivity index (χ2n) is 4.31. The Hall–Kier alpha value is -2.05. The summed E-state index contributed by atoms with van der Waals surface area (Å²) in [6, 6.07) is -1.12. The number of nitrogens with zero attached hydrogens (tertiary/aromatic N) is 3. The van der Waals surface area contributed by atoms with Gasteiger partial charge in [0.05, 0.1) is 24.3 Å². The predicted molar refractivity (Wildman–Crippen MR) is 63.0 cm³/mol. The van der Waals surface area contributed by atoms with E-state index in [-0.39, 0.29) is 19.0 Å². The van der Waals surface area contributed by atoms with Crippen LogP contribution in [0, 0.1) is 0 Å². The van der Waals surface area contributed by atoms with Crippen molar-refractivity contribution in [2.45, 2.75) is 25.9 Å². The summed E-state index contributed by atoms with van der Waals surface area (Å²) in [5.74, 6) is -0.999. The molecule has 18 heavy (non-hydrogen) atoms. The van der Waals surface area contributed by atoms with Gasteiger partial charge in [0.25, 0.3) is 0 Å². The summed E-state index contributed by atoms with van der Waals surface area (Å²) in [6.07, 6.45) is 1.78. The highest BCUT2D eigenvalue weighted by Crippen LogP contribution is 2.21. The standard InChI is InChI=1S/C11H16N4O3/c1-3-14(2)11(18)15-5-8-7(12-6-13-8)4-9(15)10(16)17/h6,9H,3-5H2,1-2H3,(H,12,13)(H,16,17). The van der Waals surface area contributed by atoms with E-state index in [1.807, 2.05) is 6.92 Å². The smallest absolute Gasteiger partial charge is 0.326 e. The number of imidazole rings is 1. The van der Waals surface area contributed by atoms with Gasteiger partial charge >= 0.3 is 12.0 Å². The Labute approximate surface area is 104 Å². The van der Waals surface area contributed by atoms with E-state index in [0.717, 1.165) is 11.4 Å². The van der Waals surface area contributed by atoms with Crippen molar-refractivity contribution in [1.82, 2.24) is 19.8 Å². The molecule has 98 valence electrons. The number of fused-ring (bicyclic) bond motifs is 1. The van der Waals surface area contributed by atoms with E-state index >= 15 is 0 Å². The minimum absolute atomic E-state index is 0.247. The highest BCUT2D eigenvalue weighted by molar-refractivity contribution is 5.83. The van der Waals surface area contributed by atoms with Crippen molar-refractivity contribution in [2.24, 2.45) is 0 Å². The molecule has 0 radical (unpaired) electrons. The summed E-state index contributed by atoms with van der Waals surface area (Å²) in [5, 5.41) is 9.22. The number of aliphatic carboxylic acids is 1. The molecular weight excluding hydrogens is 236 g/mol. The molecule has 1 aliphatic rings. The zero-order valence-corrected chi connectivity index (χ0v) is 10.4. The molecule has 0 bridgehead atoms. The largest absolute Gasteiger partial charge is 0.480 e. The minimum Gasteiger partial charge on any atom is -0.480 e. The maximum absolute atomic E-state index is 12.1. The Balaban J connectivity index is 2.27. The number of nitrogens with one attached hydrogen (secondary N) is 1. The number of carbonyl (C=O) groups excluding carboxylic acids is 1. The van der Waals surface area contributed by atoms with Crippen LogP contribution in [0.25, 0.3) is 0 Å². The van der Waals surface area contributed by atoms with Crippen LogP contribution in [0.15, 0.2) is 6.33 Å². The molecule has 1 aliphatic heterocycles. The molecule has 1 unspecified atom stereocenters. The second-order valence-corrected chi connectivity index (χ2v) is 4.31. The third-order valence-electron chi connectivity index (χ3n) is 3.23. The van der Waals surface area contributed by atoms with Gasteiger partial charge in [0.15, 0.2) is 0 Å². The van der Waals surface area contributed by atoms with Crippen molar-refractivity contribution in [3.63, 3.8) is 0 Å². The number of aromatic nitrogens is 2. The van der Waals surface area contributed by atoms with Crippen molar-refractivity contribution in [2.75, 3.05) is 13.6 Å². The zero-order valence-electron chi connectivity index (χ0n) is 10.4. The van der Waals surface area contributed by atoms with Crippen molar-refractivity contribution in [1.29, 1.82) is 0 Å². The quantitative estimate of drug-likeness (QED) is 0.791. The molecule has 0 saturated carbocycles. The lowest BCUT2D eigenvalue weighted by atomic mass is 10.0. The maximum atomic E-state index is 12.1. The number of carboxylic acid groups (broad SMARTS) is 1. The fraction of sp³-hybridized carbons (Fsp3) is 0.545. The Morgan fingerprint density at radius 1 is 1.67 bits per heavy atom.